The van der Waals surface area contributed by atoms with Crippen LogP contribution < -0.4 is 0 Å². The molecule has 7 nitrogen and oxygen atoms in total. The number of methoxy groups -OCH3 is 1. The lowest BCUT2D eigenvalue weighted by Gasteiger charge is -2.27. The van der Waals surface area contributed by atoms with E-state index in [-0.39, 0.29) is 28.9 Å². The fourth-order valence-corrected chi connectivity index (χ4v) is 4.15. The van der Waals surface area contributed by atoms with Crippen LogP contribution in [0.25, 0.3) is 16.8 Å². The van der Waals surface area contributed by atoms with Gasteiger partial charge in [0, 0.05) is 6.20 Å². The number of halogens is 4. The highest BCUT2D eigenvalue weighted by Gasteiger charge is 2.40. The Hall–Kier alpha value is -4.28. The van der Waals surface area contributed by atoms with Crippen LogP contribution in [-0.2, 0) is 27.5 Å². The number of aromatic carboxylic acids is 1. The molecule has 0 amide bonds. The van der Waals surface area contributed by atoms with Crippen molar-refractivity contribution >= 4 is 17.6 Å². The van der Waals surface area contributed by atoms with Gasteiger partial charge in [0.1, 0.15) is 11.2 Å². The molecule has 0 aliphatic rings. The standard InChI is InChI=1S/C25H19F4N3O4/c1-24(23(35)36-2,13-14-4-3-5-17(26)12-14)18-10-11-30-21-19(20(22(33)34)31-32(18)21)15-6-8-16(9-7-15)25(27,28)29/h3-12H,13H2,1-2H3,(H,33,34)/t24-/m1/s1. The van der Waals surface area contributed by atoms with Crippen LogP contribution in [0.1, 0.15) is 34.2 Å². The molecule has 2 heterocycles. The van der Waals surface area contributed by atoms with Gasteiger partial charge in [-0.05, 0) is 54.8 Å². The molecule has 0 fully saturated rings. The summed E-state index contributed by atoms with van der Waals surface area (Å²) >= 11 is 0. The van der Waals surface area contributed by atoms with E-state index in [1.165, 1.54) is 37.6 Å². The third kappa shape index (κ3) is 4.39. The summed E-state index contributed by atoms with van der Waals surface area (Å²) < 4.78 is 59.1. The van der Waals surface area contributed by atoms with Gasteiger partial charge in [0.15, 0.2) is 11.3 Å². The van der Waals surface area contributed by atoms with Crippen molar-refractivity contribution in [1.82, 2.24) is 14.6 Å². The van der Waals surface area contributed by atoms with E-state index < -0.39 is 40.6 Å². The molecule has 11 heteroatoms. The van der Waals surface area contributed by atoms with Crippen LogP contribution >= 0.6 is 0 Å². The van der Waals surface area contributed by atoms with Gasteiger partial charge in [0.2, 0.25) is 0 Å². The normalized spacial score (nSPS) is 13.4. The first-order valence-corrected chi connectivity index (χ1v) is 10.6. The zero-order valence-electron chi connectivity index (χ0n) is 19.0. The van der Waals surface area contributed by atoms with E-state index in [2.05, 4.69) is 10.1 Å². The number of carboxylic acid groups (broad SMARTS) is 1. The molecule has 1 N–H and O–H groups in total. The van der Waals surface area contributed by atoms with Crippen molar-refractivity contribution < 1.29 is 37.0 Å². The van der Waals surface area contributed by atoms with Gasteiger partial charge in [-0.15, -0.1) is 0 Å². The SMILES string of the molecule is COC(=O)[C@](C)(Cc1cccc(F)c1)c1ccnc2c(-c3ccc(C(F)(F)F)cc3)c(C(=O)O)nn12. The van der Waals surface area contributed by atoms with Gasteiger partial charge in [-0.25, -0.2) is 18.7 Å². The Morgan fingerprint density at radius 3 is 2.36 bits per heavy atom. The zero-order valence-corrected chi connectivity index (χ0v) is 19.0. The van der Waals surface area contributed by atoms with Crippen LogP contribution in [0.5, 0.6) is 0 Å². The van der Waals surface area contributed by atoms with Crippen molar-refractivity contribution in [1.29, 1.82) is 0 Å². The molecule has 36 heavy (non-hydrogen) atoms. The number of carbonyl (C=O) groups excluding carboxylic acids is 1. The number of ether oxygens (including phenoxy) is 1. The number of esters is 1. The van der Waals surface area contributed by atoms with Crippen molar-refractivity contribution in [3.8, 4) is 11.1 Å². The molecule has 2 aromatic heterocycles. The smallest absolute Gasteiger partial charge is 0.416 e. The highest BCUT2D eigenvalue weighted by molar-refractivity contribution is 5.99. The maximum atomic E-state index is 13.8. The van der Waals surface area contributed by atoms with Crippen molar-refractivity contribution in [3.05, 3.63) is 89.1 Å². The predicted molar refractivity (Wildman–Crippen MR) is 120 cm³/mol. The van der Waals surface area contributed by atoms with Crippen LogP contribution in [0, 0.1) is 5.82 Å². The molecule has 0 spiro atoms. The minimum atomic E-state index is -4.57. The molecule has 186 valence electrons. The second-order valence-electron chi connectivity index (χ2n) is 8.30. The van der Waals surface area contributed by atoms with Crippen LogP contribution in [0.2, 0.25) is 0 Å². The summed E-state index contributed by atoms with van der Waals surface area (Å²) in [7, 11) is 1.18. The third-order valence-corrected chi connectivity index (χ3v) is 5.87. The average molecular weight is 501 g/mol. The van der Waals surface area contributed by atoms with Crippen molar-refractivity contribution in [3.63, 3.8) is 0 Å². The van der Waals surface area contributed by atoms with E-state index in [1.807, 2.05) is 0 Å². The highest BCUT2D eigenvalue weighted by atomic mass is 19.4. The Kier molecular flexibility index (Phi) is 6.25. The average Bonchev–Trinajstić information content (AvgIpc) is 3.23. The topological polar surface area (TPSA) is 93.8 Å². The Labute approximate surface area is 202 Å². The van der Waals surface area contributed by atoms with E-state index in [1.54, 1.807) is 13.0 Å². The number of carbonyl (C=O) groups is 2. The number of hydrogen-bond donors (Lipinski definition) is 1. The Morgan fingerprint density at radius 1 is 1.08 bits per heavy atom. The molecule has 0 aliphatic carbocycles. The molecular weight excluding hydrogens is 482 g/mol. The first-order chi connectivity index (χ1) is 17.0. The number of rotatable bonds is 6. The summed E-state index contributed by atoms with van der Waals surface area (Å²) in [4.78, 5) is 29.3. The minimum absolute atomic E-state index is 0.0130. The Morgan fingerprint density at radius 2 is 1.78 bits per heavy atom. The van der Waals surface area contributed by atoms with Crippen LogP contribution in [0.15, 0.2) is 60.8 Å². The summed E-state index contributed by atoms with van der Waals surface area (Å²) in [6.07, 6.45) is -3.26. The second kappa shape index (κ2) is 9.06. The molecule has 0 saturated carbocycles. The molecule has 4 aromatic rings. The zero-order chi connectivity index (χ0) is 26.3. The number of benzene rings is 2. The van der Waals surface area contributed by atoms with Gasteiger partial charge >= 0.3 is 18.1 Å². The summed E-state index contributed by atoms with van der Waals surface area (Å²) in [6.45, 7) is 1.54. The second-order valence-corrected chi connectivity index (χ2v) is 8.30. The maximum Gasteiger partial charge on any atom is 0.416 e. The summed E-state index contributed by atoms with van der Waals surface area (Å²) in [6, 6.07) is 11.0. The van der Waals surface area contributed by atoms with Gasteiger partial charge in [-0.3, -0.25) is 4.79 Å². The van der Waals surface area contributed by atoms with Crippen LogP contribution in [0.4, 0.5) is 17.6 Å². The fourth-order valence-electron chi connectivity index (χ4n) is 4.15. The van der Waals surface area contributed by atoms with E-state index in [4.69, 9.17) is 4.74 Å². The third-order valence-electron chi connectivity index (χ3n) is 5.87. The van der Waals surface area contributed by atoms with Crippen molar-refractivity contribution in [2.45, 2.75) is 24.9 Å². The first kappa shape index (κ1) is 24.8. The lowest BCUT2D eigenvalue weighted by molar-refractivity contribution is -0.147. The van der Waals surface area contributed by atoms with Crippen LogP contribution in [0.3, 0.4) is 0 Å². The van der Waals surface area contributed by atoms with E-state index >= 15 is 0 Å². The fraction of sp³-hybridized carbons (Fsp3) is 0.200. The highest BCUT2D eigenvalue weighted by Crippen LogP contribution is 2.36. The summed E-state index contributed by atoms with van der Waals surface area (Å²) in [5, 5.41) is 14.0. The van der Waals surface area contributed by atoms with E-state index in [0.717, 1.165) is 28.8 Å². The van der Waals surface area contributed by atoms with Gasteiger partial charge < -0.3 is 9.84 Å². The molecular formula is C25H19F4N3O4. The number of hydrogen-bond acceptors (Lipinski definition) is 5. The van der Waals surface area contributed by atoms with Crippen molar-refractivity contribution in [2.75, 3.05) is 7.11 Å². The summed E-state index contributed by atoms with van der Waals surface area (Å²) in [5.74, 6) is -2.63. The van der Waals surface area contributed by atoms with E-state index in [0.29, 0.717) is 5.56 Å². The monoisotopic (exact) mass is 501 g/mol. The maximum absolute atomic E-state index is 13.8. The number of nitrogens with zero attached hydrogens (tertiary/aromatic N) is 3. The Balaban J connectivity index is 1.94. The minimum Gasteiger partial charge on any atom is -0.476 e. The van der Waals surface area contributed by atoms with E-state index in [9.17, 15) is 32.3 Å². The van der Waals surface area contributed by atoms with Crippen molar-refractivity contribution in [2.24, 2.45) is 0 Å². The van der Waals surface area contributed by atoms with Gasteiger partial charge in [0.25, 0.3) is 0 Å². The number of aromatic nitrogens is 3. The van der Waals surface area contributed by atoms with Crippen LogP contribution in [-0.4, -0.2) is 38.8 Å². The number of alkyl halides is 3. The molecule has 4 rings (SSSR count). The molecule has 2 aromatic carbocycles. The number of carboxylic acids is 1. The largest absolute Gasteiger partial charge is 0.476 e. The molecule has 0 unspecified atom stereocenters. The Bertz CT molecular complexity index is 1460. The molecule has 0 aliphatic heterocycles. The molecule has 1 atom stereocenters. The van der Waals surface area contributed by atoms with Gasteiger partial charge in [-0.2, -0.15) is 18.3 Å². The number of fused-ring (bicyclic) bond motifs is 1. The quantitative estimate of drug-likeness (QED) is 0.298. The molecule has 0 bridgehead atoms. The summed E-state index contributed by atoms with van der Waals surface area (Å²) in [5.41, 5.74) is -2.01. The predicted octanol–water partition coefficient (Wildman–Crippen LogP) is 4.93. The van der Waals surface area contributed by atoms with Gasteiger partial charge in [-0.1, -0.05) is 24.3 Å². The molecule has 0 saturated heterocycles. The lowest BCUT2D eigenvalue weighted by atomic mass is 9.80. The van der Waals surface area contributed by atoms with Gasteiger partial charge in [0.05, 0.1) is 23.9 Å². The molecule has 0 radical (unpaired) electrons. The lowest BCUT2D eigenvalue weighted by Crippen LogP contribution is -2.38. The first-order valence-electron chi connectivity index (χ1n) is 10.6.